The number of aliphatic hydroxyl groups excluding tert-OH is 1. The van der Waals surface area contributed by atoms with Crippen LogP contribution < -0.4 is 5.32 Å². The summed E-state index contributed by atoms with van der Waals surface area (Å²) in [6.07, 6.45) is -12.9. The molecule has 0 heterocycles. The van der Waals surface area contributed by atoms with Crippen LogP contribution in [0.15, 0.2) is 48.5 Å². The van der Waals surface area contributed by atoms with E-state index in [4.69, 9.17) is 4.74 Å². The fourth-order valence-electron chi connectivity index (χ4n) is 2.47. The SMILES string of the molecule is C[C@@H](NC(=O)OCc1ccccc1)C(O)c1cc(C(F)(F)F)cc(C(F)(F)F)c1. The first-order chi connectivity index (χ1) is 13.4. The van der Waals surface area contributed by atoms with Crippen LogP contribution in [0.1, 0.15) is 35.3 Å². The molecule has 1 unspecified atom stereocenters. The van der Waals surface area contributed by atoms with Crippen molar-refractivity contribution in [3.05, 3.63) is 70.8 Å². The van der Waals surface area contributed by atoms with Crippen LogP contribution in [0.25, 0.3) is 0 Å². The molecule has 0 aliphatic heterocycles. The van der Waals surface area contributed by atoms with Crippen molar-refractivity contribution in [3.8, 4) is 0 Å². The Balaban J connectivity index is 2.13. The first-order valence-electron chi connectivity index (χ1n) is 8.32. The van der Waals surface area contributed by atoms with E-state index in [9.17, 15) is 36.2 Å². The van der Waals surface area contributed by atoms with Gasteiger partial charge in [-0.3, -0.25) is 0 Å². The molecule has 0 saturated heterocycles. The Labute approximate surface area is 162 Å². The standard InChI is InChI=1S/C19H17F6NO3/c1-11(26-17(28)29-10-12-5-3-2-4-6-12)16(27)13-7-14(18(20,21)22)9-15(8-13)19(23,24)25/h2-9,11,16,27H,10H2,1H3,(H,26,28)/t11-,16?/m1/s1. The molecule has 2 atom stereocenters. The molecule has 4 nitrogen and oxygen atoms in total. The molecular formula is C19H17F6NO3. The number of carbonyl (C=O) groups excluding carboxylic acids is 1. The minimum absolute atomic E-state index is 0.0392. The Hall–Kier alpha value is -2.75. The van der Waals surface area contributed by atoms with E-state index >= 15 is 0 Å². The minimum atomic E-state index is -5.04. The molecule has 0 aliphatic carbocycles. The number of aliphatic hydroxyl groups is 1. The number of halogens is 6. The molecule has 2 rings (SSSR count). The van der Waals surface area contributed by atoms with Gasteiger partial charge in [0.1, 0.15) is 6.61 Å². The predicted octanol–water partition coefficient (Wildman–Crippen LogP) is 5.07. The molecule has 1 amide bonds. The minimum Gasteiger partial charge on any atom is -0.445 e. The van der Waals surface area contributed by atoms with Gasteiger partial charge >= 0.3 is 18.4 Å². The molecule has 10 heteroatoms. The lowest BCUT2D eigenvalue weighted by atomic mass is 9.97. The predicted molar refractivity (Wildman–Crippen MR) is 90.6 cm³/mol. The van der Waals surface area contributed by atoms with Crippen molar-refractivity contribution >= 4 is 6.09 Å². The van der Waals surface area contributed by atoms with Crippen molar-refractivity contribution in [1.82, 2.24) is 5.32 Å². The molecule has 2 N–H and O–H groups in total. The van der Waals surface area contributed by atoms with Gasteiger partial charge in [-0.05, 0) is 36.2 Å². The zero-order valence-electron chi connectivity index (χ0n) is 15.0. The summed E-state index contributed by atoms with van der Waals surface area (Å²) in [5.74, 6) is 0. The number of amides is 1. The Bertz CT molecular complexity index is 804. The van der Waals surface area contributed by atoms with E-state index in [1.165, 1.54) is 6.92 Å². The van der Waals surface area contributed by atoms with Gasteiger partial charge in [0.2, 0.25) is 0 Å². The van der Waals surface area contributed by atoms with Crippen molar-refractivity contribution in [2.24, 2.45) is 0 Å². The third-order valence-corrected chi connectivity index (χ3v) is 3.98. The number of benzene rings is 2. The number of alkyl carbamates (subject to hydrolysis) is 1. The van der Waals surface area contributed by atoms with Crippen molar-refractivity contribution in [3.63, 3.8) is 0 Å². The smallest absolute Gasteiger partial charge is 0.416 e. The first kappa shape index (κ1) is 22.5. The summed E-state index contributed by atoms with van der Waals surface area (Å²) < 4.78 is 82.5. The maximum atomic E-state index is 12.9. The van der Waals surface area contributed by atoms with E-state index in [0.29, 0.717) is 17.7 Å². The van der Waals surface area contributed by atoms with Crippen LogP contribution in [-0.2, 0) is 23.7 Å². The molecule has 0 fully saturated rings. The normalized spacial score (nSPS) is 14.2. The van der Waals surface area contributed by atoms with E-state index in [0.717, 1.165) is 0 Å². The summed E-state index contributed by atoms with van der Waals surface area (Å²) in [6.45, 7) is 1.12. The number of nitrogens with one attached hydrogen (secondary N) is 1. The molecule has 0 aliphatic rings. The fourth-order valence-corrected chi connectivity index (χ4v) is 2.47. The Morgan fingerprint density at radius 3 is 2.00 bits per heavy atom. The van der Waals surface area contributed by atoms with Crippen LogP contribution in [0.3, 0.4) is 0 Å². The molecule has 0 spiro atoms. The second-order valence-corrected chi connectivity index (χ2v) is 6.28. The average Bonchev–Trinajstić information content (AvgIpc) is 2.64. The summed E-state index contributed by atoms with van der Waals surface area (Å²) in [5.41, 5.74) is -3.08. The lowest BCUT2D eigenvalue weighted by Gasteiger charge is -2.22. The van der Waals surface area contributed by atoms with Crippen LogP contribution >= 0.6 is 0 Å². The highest BCUT2D eigenvalue weighted by molar-refractivity contribution is 5.67. The zero-order valence-corrected chi connectivity index (χ0v) is 15.0. The number of alkyl halides is 6. The van der Waals surface area contributed by atoms with E-state index < -0.39 is 47.3 Å². The number of hydrogen-bond acceptors (Lipinski definition) is 3. The van der Waals surface area contributed by atoms with Crippen LogP contribution in [-0.4, -0.2) is 17.2 Å². The van der Waals surface area contributed by atoms with Gasteiger partial charge in [-0.1, -0.05) is 30.3 Å². The van der Waals surface area contributed by atoms with Crippen molar-refractivity contribution in [2.45, 2.75) is 38.0 Å². The number of hydrogen-bond donors (Lipinski definition) is 2. The van der Waals surface area contributed by atoms with Gasteiger partial charge in [0.25, 0.3) is 0 Å². The molecular weight excluding hydrogens is 404 g/mol. The highest BCUT2D eigenvalue weighted by Crippen LogP contribution is 2.37. The van der Waals surface area contributed by atoms with E-state index in [-0.39, 0.29) is 12.7 Å². The van der Waals surface area contributed by atoms with Crippen molar-refractivity contribution < 1.29 is 41.0 Å². The third kappa shape index (κ3) is 6.38. The maximum absolute atomic E-state index is 12.9. The summed E-state index contributed by atoms with van der Waals surface area (Å²) >= 11 is 0. The second kappa shape index (κ2) is 8.73. The molecule has 0 aromatic heterocycles. The van der Waals surface area contributed by atoms with Gasteiger partial charge in [0, 0.05) is 0 Å². The second-order valence-electron chi connectivity index (χ2n) is 6.28. The largest absolute Gasteiger partial charge is 0.445 e. The monoisotopic (exact) mass is 421 g/mol. The van der Waals surface area contributed by atoms with Gasteiger partial charge in [0.15, 0.2) is 0 Å². The first-order valence-corrected chi connectivity index (χ1v) is 8.32. The molecule has 0 radical (unpaired) electrons. The number of rotatable bonds is 5. The van der Waals surface area contributed by atoms with Gasteiger partial charge in [-0.15, -0.1) is 0 Å². The van der Waals surface area contributed by atoms with Gasteiger partial charge in [-0.2, -0.15) is 26.3 Å². The molecule has 0 bridgehead atoms. The molecule has 2 aromatic rings. The molecule has 29 heavy (non-hydrogen) atoms. The fraction of sp³-hybridized carbons (Fsp3) is 0.316. The number of ether oxygens (including phenoxy) is 1. The molecule has 0 saturated carbocycles. The van der Waals surface area contributed by atoms with Crippen LogP contribution in [0, 0.1) is 0 Å². The van der Waals surface area contributed by atoms with E-state index in [1.807, 2.05) is 0 Å². The van der Waals surface area contributed by atoms with Gasteiger partial charge in [-0.25, -0.2) is 4.79 Å². The van der Waals surface area contributed by atoms with Crippen LogP contribution in [0.5, 0.6) is 0 Å². The Kier molecular flexibility index (Phi) is 6.78. The molecule has 158 valence electrons. The Morgan fingerprint density at radius 2 is 1.52 bits per heavy atom. The average molecular weight is 421 g/mol. The molecule has 2 aromatic carbocycles. The third-order valence-electron chi connectivity index (χ3n) is 3.98. The van der Waals surface area contributed by atoms with E-state index in [2.05, 4.69) is 5.32 Å². The quantitative estimate of drug-likeness (QED) is 0.663. The summed E-state index contributed by atoms with van der Waals surface area (Å²) in [5, 5.41) is 12.4. The summed E-state index contributed by atoms with van der Waals surface area (Å²) in [6, 6.07) is 8.13. The zero-order chi connectivity index (χ0) is 21.8. The van der Waals surface area contributed by atoms with Crippen molar-refractivity contribution in [1.29, 1.82) is 0 Å². The number of carbonyl (C=O) groups is 1. The van der Waals surface area contributed by atoms with Crippen LogP contribution in [0.2, 0.25) is 0 Å². The summed E-state index contributed by atoms with van der Waals surface area (Å²) in [7, 11) is 0. The lowest BCUT2D eigenvalue weighted by Crippen LogP contribution is -2.37. The van der Waals surface area contributed by atoms with E-state index in [1.54, 1.807) is 30.3 Å². The lowest BCUT2D eigenvalue weighted by molar-refractivity contribution is -0.143. The summed E-state index contributed by atoms with van der Waals surface area (Å²) in [4.78, 5) is 11.8. The Morgan fingerprint density at radius 1 is 1.00 bits per heavy atom. The van der Waals surface area contributed by atoms with Gasteiger partial charge < -0.3 is 15.2 Å². The topological polar surface area (TPSA) is 58.6 Å². The van der Waals surface area contributed by atoms with Gasteiger partial charge in [0.05, 0.1) is 23.3 Å². The highest BCUT2D eigenvalue weighted by atomic mass is 19.4. The van der Waals surface area contributed by atoms with Crippen molar-refractivity contribution in [2.75, 3.05) is 0 Å². The highest BCUT2D eigenvalue weighted by Gasteiger charge is 2.38. The maximum Gasteiger partial charge on any atom is 0.416 e. The van der Waals surface area contributed by atoms with Crippen LogP contribution in [0.4, 0.5) is 31.1 Å².